The zero-order valence-electron chi connectivity index (χ0n) is 10.9. The first kappa shape index (κ1) is 14.8. The lowest BCUT2D eigenvalue weighted by atomic mass is 9.87. The molecule has 1 atom stereocenters. The Kier molecular flexibility index (Phi) is 3.88. The monoisotopic (exact) mass is 378 g/mol. The summed E-state index contributed by atoms with van der Waals surface area (Å²) in [7, 11) is -3.51. The van der Waals surface area contributed by atoms with E-state index in [-0.39, 0.29) is 15.3 Å². The van der Waals surface area contributed by atoms with Crippen molar-refractivity contribution in [2.45, 2.75) is 17.7 Å². The van der Waals surface area contributed by atoms with Crippen LogP contribution in [0.5, 0.6) is 0 Å². The number of nitrogens with one attached hydrogen (secondary N) is 1. The van der Waals surface area contributed by atoms with Gasteiger partial charge in [0.05, 0.1) is 5.02 Å². The molecule has 4 nitrogen and oxygen atoms in total. The van der Waals surface area contributed by atoms with Gasteiger partial charge in [0.25, 0.3) is 0 Å². The molecule has 0 saturated carbocycles. The Morgan fingerprint density at radius 3 is 2.85 bits per heavy atom. The van der Waals surface area contributed by atoms with Crippen LogP contribution in [0.15, 0.2) is 27.6 Å². The summed E-state index contributed by atoms with van der Waals surface area (Å²) in [6, 6.07) is 5.01. The van der Waals surface area contributed by atoms with Crippen molar-refractivity contribution in [3.63, 3.8) is 0 Å². The fourth-order valence-electron chi connectivity index (χ4n) is 3.07. The topological polar surface area (TPSA) is 49.4 Å². The molecule has 1 spiro atoms. The lowest BCUT2D eigenvalue weighted by Gasteiger charge is -2.23. The summed E-state index contributed by atoms with van der Waals surface area (Å²) in [5.41, 5.74) is 0.117. The molecule has 0 radical (unpaired) electrons. The van der Waals surface area contributed by atoms with Crippen LogP contribution in [0.4, 0.5) is 0 Å². The summed E-state index contributed by atoms with van der Waals surface area (Å²) in [5.74, 6) is 0. The van der Waals surface area contributed by atoms with Gasteiger partial charge in [-0.15, -0.1) is 0 Å². The third kappa shape index (κ3) is 2.41. The van der Waals surface area contributed by atoms with E-state index in [0.717, 1.165) is 25.9 Å². The Morgan fingerprint density at radius 1 is 1.35 bits per heavy atom. The van der Waals surface area contributed by atoms with Crippen LogP contribution in [-0.4, -0.2) is 38.9 Å². The highest BCUT2D eigenvalue weighted by molar-refractivity contribution is 9.10. The molecule has 1 N–H and O–H groups in total. The van der Waals surface area contributed by atoms with Crippen LogP contribution in [0, 0.1) is 5.41 Å². The van der Waals surface area contributed by atoms with Crippen molar-refractivity contribution < 1.29 is 8.42 Å². The molecule has 1 aromatic carbocycles. The molecular weight excluding hydrogens is 364 g/mol. The molecule has 7 heteroatoms. The third-order valence-electron chi connectivity index (χ3n) is 4.27. The van der Waals surface area contributed by atoms with E-state index >= 15 is 0 Å². The number of nitrogens with zero attached hydrogens (tertiary/aromatic N) is 1. The lowest BCUT2D eigenvalue weighted by Crippen LogP contribution is -2.33. The SMILES string of the molecule is O=S(=O)(c1cccc(Br)c1Cl)N1CCC2(CCNC2)C1. The highest BCUT2D eigenvalue weighted by Crippen LogP contribution is 2.40. The second kappa shape index (κ2) is 5.25. The van der Waals surface area contributed by atoms with Crippen LogP contribution in [0.3, 0.4) is 0 Å². The van der Waals surface area contributed by atoms with E-state index in [1.54, 1.807) is 22.5 Å². The fraction of sp³-hybridized carbons (Fsp3) is 0.538. The Hall–Kier alpha value is -0.140. The van der Waals surface area contributed by atoms with Gasteiger partial charge in [-0.05, 0) is 52.9 Å². The number of rotatable bonds is 2. The van der Waals surface area contributed by atoms with Crippen LogP contribution in [-0.2, 0) is 10.0 Å². The van der Waals surface area contributed by atoms with Crippen LogP contribution in [0.1, 0.15) is 12.8 Å². The van der Waals surface area contributed by atoms with E-state index in [9.17, 15) is 8.42 Å². The van der Waals surface area contributed by atoms with Gasteiger partial charge in [-0.1, -0.05) is 17.7 Å². The minimum absolute atomic E-state index is 0.117. The van der Waals surface area contributed by atoms with E-state index in [1.807, 2.05) is 0 Å². The maximum atomic E-state index is 12.7. The summed E-state index contributed by atoms with van der Waals surface area (Å²) in [6.07, 6.45) is 1.97. The summed E-state index contributed by atoms with van der Waals surface area (Å²) in [4.78, 5) is 0.191. The second-order valence-electron chi connectivity index (χ2n) is 5.57. The van der Waals surface area contributed by atoms with E-state index in [2.05, 4.69) is 21.2 Å². The summed E-state index contributed by atoms with van der Waals surface area (Å²) in [6.45, 7) is 3.05. The van der Waals surface area contributed by atoms with Gasteiger partial charge in [-0.2, -0.15) is 4.31 Å². The summed E-state index contributed by atoms with van der Waals surface area (Å²) < 4.78 is 27.7. The van der Waals surface area contributed by atoms with Crippen molar-refractivity contribution in [2.75, 3.05) is 26.2 Å². The van der Waals surface area contributed by atoms with Crippen molar-refractivity contribution in [3.05, 3.63) is 27.7 Å². The van der Waals surface area contributed by atoms with Gasteiger partial charge < -0.3 is 5.32 Å². The molecule has 0 aromatic heterocycles. The molecule has 110 valence electrons. The maximum Gasteiger partial charge on any atom is 0.244 e. The van der Waals surface area contributed by atoms with Crippen molar-refractivity contribution in [1.29, 1.82) is 0 Å². The highest BCUT2D eigenvalue weighted by atomic mass is 79.9. The molecular formula is C13H16BrClN2O2S. The van der Waals surface area contributed by atoms with Crippen LogP contribution in [0.2, 0.25) is 5.02 Å². The molecule has 0 amide bonds. The van der Waals surface area contributed by atoms with Gasteiger partial charge in [0.2, 0.25) is 10.0 Å². The first-order valence-electron chi connectivity index (χ1n) is 6.60. The quantitative estimate of drug-likeness (QED) is 0.859. The normalized spacial score (nSPS) is 27.5. The fourth-order valence-corrected chi connectivity index (χ4v) is 5.62. The number of halogens is 2. The zero-order chi connectivity index (χ0) is 14.4. The largest absolute Gasteiger partial charge is 0.316 e. The molecule has 20 heavy (non-hydrogen) atoms. The molecule has 3 rings (SSSR count). The average molecular weight is 380 g/mol. The van der Waals surface area contributed by atoms with E-state index in [0.29, 0.717) is 17.6 Å². The zero-order valence-corrected chi connectivity index (χ0v) is 14.1. The average Bonchev–Trinajstić information content (AvgIpc) is 3.04. The van der Waals surface area contributed by atoms with Crippen molar-refractivity contribution in [1.82, 2.24) is 9.62 Å². The first-order chi connectivity index (χ1) is 9.45. The van der Waals surface area contributed by atoms with Gasteiger partial charge in [0.1, 0.15) is 4.90 Å². The Labute approximate surface area is 132 Å². The molecule has 2 aliphatic rings. The standard InChI is InChI=1S/C13H16BrClN2O2S/c14-10-2-1-3-11(12(10)15)20(18,19)17-7-5-13(9-17)4-6-16-8-13/h1-3,16H,4-9H2. The van der Waals surface area contributed by atoms with Crippen molar-refractivity contribution >= 4 is 37.6 Å². The van der Waals surface area contributed by atoms with E-state index in [1.165, 1.54) is 0 Å². The summed E-state index contributed by atoms with van der Waals surface area (Å²) >= 11 is 9.42. The van der Waals surface area contributed by atoms with Gasteiger partial charge in [-0.3, -0.25) is 0 Å². The molecule has 2 saturated heterocycles. The van der Waals surface area contributed by atoms with Gasteiger partial charge >= 0.3 is 0 Å². The Morgan fingerprint density at radius 2 is 2.15 bits per heavy atom. The lowest BCUT2D eigenvalue weighted by molar-refractivity contribution is 0.338. The van der Waals surface area contributed by atoms with Crippen molar-refractivity contribution in [3.8, 4) is 0 Å². The highest BCUT2D eigenvalue weighted by Gasteiger charge is 2.44. The molecule has 0 aliphatic carbocycles. The molecule has 1 unspecified atom stereocenters. The third-order valence-corrected chi connectivity index (χ3v) is 7.57. The van der Waals surface area contributed by atoms with Crippen LogP contribution >= 0.6 is 27.5 Å². The molecule has 2 fully saturated rings. The molecule has 2 heterocycles. The smallest absolute Gasteiger partial charge is 0.244 e. The van der Waals surface area contributed by atoms with Gasteiger partial charge in [0, 0.05) is 24.1 Å². The minimum atomic E-state index is -3.51. The number of hydrogen-bond donors (Lipinski definition) is 1. The number of hydrogen-bond acceptors (Lipinski definition) is 3. The molecule has 1 aromatic rings. The maximum absolute atomic E-state index is 12.7. The number of sulfonamides is 1. The Bertz CT molecular complexity index is 629. The van der Waals surface area contributed by atoms with E-state index in [4.69, 9.17) is 11.6 Å². The number of benzene rings is 1. The van der Waals surface area contributed by atoms with Gasteiger partial charge in [-0.25, -0.2) is 8.42 Å². The second-order valence-corrected chi connectivity index (χ2v) is 8.71. The Balaban J connectivity index is 1.91. The van der Waals surface area contributed by atoms with E-state index < -0.39 is 10.0 Å². The van der Waals surface area contributed by atoms with Crippen LogP contribution in [0.25, 0.3) is 0 Å². The summed E-state index contributed by atoms with van der Waals surface area (Å²) in [5, 5.41) is 3.59. The first-order valence-corrected chi connectivity index (χ1v) is 9.21. The molecule has 2 aliphatic heterocycles. The van der Waals surface area contributed by atoms with Crippen molar-refractivity contribution in [2.24, 2.45) is 5.41 Å². The minimum Gasteiger partial charge on any atom is -0.316 e. The van der Waals surface area contributed by atoms with Gasteiger partial charge in [0.15, 0.2) is 0 Å². The van der Waals surface area contributed by atoms with Crippen LogP contribution < -0.4 is 5.32 Å². The predicted molar refractivity (Wildman–Crippen MR) is 82.4 cm³/mol. The predicted octanol–water partition coefficient (Wildman–Crippen LogP) is 2.48. The molecule has 0 bridgehead atoms.